The van der Waals surface area contributed by atoms with Crippen LogP contribution in [0.15, 0.2) is 36.9 Å². The molecule has 0 aliphatic carbocycles. The molecular formula is C22H24F3N7O. The topological polar surface area (TPSA) is 88.8 Å². The first-order chi connectivity index (χ1) is 15.6. The molecule has 0 spiro atoms. The first-order valence-corrected chi connectivity index (χ1v) is 10.5. The van der Waals surface area contributed by atoms with Crippen molar-refractivity contribution in [2.24, 2.45) is 13.0 Å². The number of nitrogens with zero attached hydrogens (tertiary/aromatic N) is 6. The normalized spacial score (nSPS) is 20.0. The Labute approximate surface area is 188 Å². The van der Waals surface area contributed by atoms with Gasteiger partial charge in [-0.15, -0.1) is 0 Å². The molecule has 174 valence electrons. The molecule has 1 saturated heterocycles. The van der Waals surface area contributed by atoms with E-state index in [1.54, 1.807) is 33.2 Å². The molecule has 4 heterocycles. The molecule has 11 heteroatoms. The van der Waals surface area contributed by atoms with E-state index >= 15 is 0 Å². The van der Waals surface area contributed by atoms with Gasteiger partial charge in [-0.25, -0.2) is 28.1 Å². The van der Waals surface area contributed by atoms with Crippen LogP contribution in [0.25, 0.3) is 11.4 Å². The van der Waals surface area contributed by atoms with Gasteiger partial charge in [0.1, 0.15) is 0 Å². The molecule has 3 aromatic rings. The van der Waals surface area contributed by atoms with Gasteiger partial charge in [-0.3, -0.25) is 9.48 Å². The second kappa shape index (κ2) is 8.80. The number of pyridine rings is 1. The van der Waals surface area contributed by atoms with Gasteiger partial charge in [0.15, 0.2) is 23.2 Å². The van der Waals surface area contributed by atoms with Crippen LogP contribution < -0.4 is 5.32 Å². The molecule has 0 bridgehead atoms. The predicted octanol–water partition coefficient (Wildman–Crippen LogP) is 3.32. The van der Waals surface area contributed by atoms with E-state index in [0.29, 0.717) is 11.1 Å². The molecule has 0 saturated carbocycles. The number of piperidine rings is 1. The van der Waals surface area contributed by atoms with Crippen LogP contribution in [-0.2, 0) is 7.05 Å². The van der Waals surface area contributed by atoms with E-state index in [0.717, 1.165) is 4.90 Å². The predicted molar refractivity (Wildman–Crippen MR) is 115 cm³/mol. The van der Waals surface area contributed by atoms with Crippen LogP contribution in [0.4, 0.5) is 19.0 Å². The Morgan fingerprint density at radius 3 is 2.70 bits per heavy atom. The van der Waals surface area contributed by atoms with E-state index < -0.39 is 36.2 Å². The van der Waals surface area contributed by atoms with E-state index in [2.05, 4.69) is 25.4 Å². The van der Waals surface area contributed by atoms with Gasteiger partial charge in [0.2, 0.25) is 0 Å². The van der Waals surface area contributed by atoms with Crippen molar-refractivity contribution in [2.75, 3.05) is 18.4 Å². The fourth-order valence-corrected chi connectivity index (χ4v) is 4.13. The maximum Gasteiger partial charge on any atom is 0.275 e. The van der Waals surface area contributed by atoms with Crippen molar-refractivity contribution in [3.63, 3.8) is 0 Å². The molecule has 2 atom stereocenters. The fourth-order valence-electron chi connectivity index (χ4n) is 4.13. The van der Waals surface area contributed by atoms with E-state index in [4.69, 9.17) is 0 Å². The number of nitrogens with one attached hydrogen (secondary N) is 1. The molecule has 33 heavy (non-hydrogen) atoms. The maximum atomic E-state index is 14.5. The van der Waals surface area contributed by atoms with Crippen molar-refractivity contribution in [2.45, 2.75) is 32.2 Å². The van der Waals surface area contributed by atoms with Crippen LogP contribution in [0, 0.1) is 18.7 Å². The zero-order chi connectivity index (χ0) is 23.8. The quantitative estimate of drug-likeness (QED) is 0.630. The van der Waals surface area contributed by atoms with Crippen molar-refractivity contribution in [3.8, 4) is 11.4 Å². The number of hydrogen-bond acceptors (Lipinski definition) is 6. The summed E-state index contributed by atoms with van der Waals surface area (Å²) in [5, 5.41) is 7.10. The number of anilines is 1. The Bertz CT molecular complexity index is 1150. The molecule has 1 amide bonds. The third-order valence-corrected chi connectivity index (χ3v) is 5.63. The molecule has 0 aromatic carbocycles. The van der Waals surface area contributed by atoms with Crippen LogP contribution in [0.1, 0.15) is 29.4 Å². The molecule has 8 nitrogen and oxygen atoms in total. The van der Waals surface area contributed by atoms with Crippen molar-refractivity contribution < 1.29 is 18.0 Å². The number of hydrogen-bond donors (Lipinski definition) is 1. The van der Waals surface area contributed by atoms with Gasteiger partial charge in [-0.05, 0) is 30.5 Å². The van der Waals surface area contributed by atoms with Gasteiger partial charge in [0, 0.05) is 44.8 Å². The largest absolute Gasteiger partial charge is 0.366 e. The molecule has 1 fully saturated rings. The zero-order valence-corrected chi connectivity index (χ0v) is 18.5. The van der Waals surface area contributed by atoms with E-state index in [1.165, 1.54) is 29.3 Å². The minimum absolute atomic E-state index is 0.00810. The van der Waals surface area contributed by atoms with Gasteiger partial charge >= 0.3 is 0 Å². The SMILES string of the molecule is Cc1cnc(NCC2[C@H](C)CC(F)(F)CN2C(=O)c2nn(C)cc2-c2ncccn2)c(F)c1. The highest BCUT2D eigenvalue weighted by Gasteiger charge is 2.47. The Morgan fingerprint density at radius 1 is 1.27 bits per heavy atom. The lowest BCUT2D eigenvalue weighted by atomic mass is 9.88. The summed E-state index contributed by atoms with van der Waals surface area (Å²) in [7, 11) is 1.63. The van der Waals surface area contributed by atoms with Crippen molar-refractivity contribution >= 4 is 11.7 Å². The molecular weight excluding hydrogens is 435 g/mol. The number of rotatable bonds is 5. The highest BCUT2D eigenvalue weighted by Crippen LogP contribution is 2.36. The van der Waals surface area contributed by atoms with Crippen molar-refractivity contribution in [3.05, 3.63) is 54.0 Å². The Balaban J connectivity index is 1.65. The zero-order valence-electron chi connectivity index (χ0n) is 18.5. The highest BCUT2D eigenvalue weighted by atomic mass is 19.3. The lowest BCUT2D eigenvalue weighted by Crippen LogP contribution is -2.57. The van der Waals surface area contributed by atoms with E-state index in [1.807, 2.05) is 0 Å². The monoisotopic (exact) mass is 459 g/mol. The average Bonchev–Trinajstić information content (AvgIpc) is 3.15. The molecule has 1 aliphatic heterocycles. The Kier molecular flexibility index (Phi) is 6.05. The number of aryl methyl sites for hydroxylation is 2. The second-order valence-corrected chi connectivity index (χ2v) is 8.40. The fraction of sp³-hybridized carbons (Fsp3) is 0.409. The number of aromatic nitrogens is 5. The number of likely N-dealkylation sites (tertiary alicyclic amines) is 1. The summed E-state index contributed by atoms with van der Waals surface area (Å²) in [6, 6.07) is 2.33. The minimum Gasteiger partial charge on any atom is -0.366 e. The Morgan fingerprint density at radius 2 is 2.00 bits per heavy atom. The molecule has 3 aromatic heterocycles. The van der Waals surface area contributed by atoms with Crippen LogP contribution in [-0.4, -0.2) is 60.6 Å². The number of amides is 1. The van der Waals surface area contributed by atoms with Gasteiger partial charge < -0.3 is 10.2 Å². The van der Waals surface area contributed by atoms with E-state index in [9.17, 15) is 18.0 Å². The summed E-state index contributed by atoms with van der Waals surface area (Å²) in [6.07, 6.45) is 5.75. The van der Waals surface area contributed by atoms with Crippen molar-refractivity contribution in [1.29, 1.82) is 0 Å². The van der Waals surface area contributed by atoms with Gasteiger partial charge in [-0.2, -0.15) is 5.10 Å². The summed E-state index contributed by atoms with van der Waals surface area (Å²) in [5.74, 6) is -4.54. The lowest BCUT2D eigenvalue weighted by Gasteiger charge is -2.43. The standard InChI is InChI=1S/C22H24F3N7O/c1-13-7-16(23)20(28-9-13)29-10-17-14(2)8-22(24,25)12-32(17)21(33)18-15(11-31(3)30-18)19-26-5-4-6-27-19/h4-7,9,11,14,17H,8,10,12H2,1-3H3,(H,28,29)/t14-,17?/m1/s1. The molecule has 1 N–H and O–H groups in total. The summed E-state index contributed by atoms with van der Waals surface area (Å²) in [4.78, 5) is 27.0. The summed E-state index contributed by atoms with van der Waals surface area (Å²) in [5.41, 5.74) is 0.993. The third-order valence-electron chi connectivity index (χ3n) is 5.63. The summed E-state index contributed by atoms with van der Waals surface area (Å²) >= 11 is 0. The maximum absolute atomic E-state index is 14.5. The third kappa shape index (κ3) is 4.81. The Hall–Kier alpha value is -3.50. The van der Waals surface area contributed by atoms with Crippen LogP contribution in [0.5, 0.6) is 0 Å². The van der Waals surface area contributed by atoms with Crippen molar-refractivity contribution in [1.82, 2.24) is 29.6 Å². The number of alkyl halides is 2. The highest BCUT2D eigenvalue weighted by molar-refractivity contribution is 5.98. The van der Waals surface area contributed by atoms with E-state index in [-0.39, 0.29) is 30.3 Å². The molecule has 1 aliphatic rings. The number of carbonyl (C=O) groups is 1. The first kappa shape index (κ1) is 22.7. The number of carbonyl (C=O) groups excluding carboxylic acids is 1. The summed E-state index contributed by atoms with van der Waals surface area (Å²) in [6.45, 7) is 2.66. The second-order valence-electron chi connectivity index (χ2n) is 8.40. The number of halogens is 3. The van der Waals surface area contributed by atoms with Crippen LogP contribution in [0.3, 0.4) is 0 Å². The first-order valence-electron chi connectivity index (χ1n) is 10.5. The summed E-state index contributed by atoms with van der Waals surface area (Å²) < 4.78 is 44.7. The smallest absolute Gasteiger partial charge is 0.275 e. The van der Waals surface area contributed by atoms with Gasteiger partial charge in [0.05, 0.1) is 18.2 Å². The van der Waals surface area contributed by atoms with Crippen LogP contribution in [0.2, 0.25) is 0 Å². The van der Waals surface area contributed by atoms with Gasteiger partial charge in [0.25, 0.3) is 11.8 Å². The average molecular weight is 459 g/mol. The van der Waals surface area contributed by atoms with Gasteiger partial charge in [-0.1, -0.05) is 6.92 Å². The molecule has 1 unspecified atom stereocenters. The molecule has 0 radical (unpaired) electrons. The van der Waals surface area contributed by atoms with Crippen LogP contribution >= 0.6 is 0 Å². The minimum atomic E-state index is -3.06. The molecule has 4 rings (SSSR count). The lowest BCUT2D eigenvalue weighted by molar-refractivity contribution is -0.0898.